The average Bonchev–Trinajstić information content (AvgIpc) is 2.63. The lowest BCUT2D eigenvalue weighted by atomic mass is 9.79. The number of carbonyl (C=O) groups excluding carboxylic acids is 2. The van der Waals surface area contributed by atoms with Gasteiger partial charge in [0, 0.05) is 25.0 Å². The van der Waals surface area contributed by atoms with Gasteiger partial charge in [-0.1, -0.05) is 53.7 Å². The lowest BCUT2D eigenvalue weighted by Crippen LogP contribution is -2.25. The van der Waals surface area contributed by atoms with Crippen molar-refractivity contribution in [3.05, 3.63) is 70.7 Å². The van der Waals surface area contributed by atoms with Crippen LogP contribution in [-0.2, 0) is 15.6 Å². The van der Waals surface area contributed by atoms with Crippen LogP contribution in [0.5, 0.6) is 5.75 Å². The molecule has 0 fully saturated rings. The number of rotatable bonds is 5. The second kappa shape index (κ2) is 8.92. The highest BCUT2D eigenvalue weighted by Crippen LogP contribution is 2.39. The van der Waals surface area contributed by atoms with E-state index in [1.54, 1.807) is 7.05 Å². The minimum atomic E-state index is -0.738. The van der Waals surface area contributed by atoms with Crippen LogP contribution in [0.25, 0.3) is 0 Å². The Balaban J connectivity index is 2.51. The molecule has 1 amide bonds. The number of phenolic OH excluding ortho intramolecular Hbond substituents is 1. The van der Waals surface area contributed by atoms with Crippen molar-refractivity contribution in [2.75, 3.05) is 12.4 Å². The highest BCUT2D eigenvalue weighted by atomic mass is 19.1. The van der Waals surface area contributed by atoms with Gasteiger partial charge in [-0.2, -0.15) is 0 Å². The molecule has 0 radical (unpaired) electrons. The normalized spacial score (nSPS) is 12.5. The van der Waals surface area contributed by atoms with Crippen LogP contribution in [0.2, 0.25) is 0 Å². The molecule has 2 rings (SSSR count). The van der Waals surface area contributed by atoms with Crippen molar-refractivity contribution in [2.45, 2.75) is 52.4 Å². The largest absolute Gasteiger partial charge is 0.508 e. The maximum atomic E-state index is 14.1. The van der Waals surface area contributed by atoms with E-state index >= 15 is 0 Å². The molecule has 0 unspecified atom stereocenters. The number of phenols is 1. The van der Waals surface area contributed by atoms with Crippen LogP contribution in [0.4, 0.5) is 10.1 Å². The summed E-state index contributed by atoms with van der Waals surface area (Å²) in [5, 5.41) is 16.0. The van der Waals surface area contributed by atoms with Gasteiger partial charge in [-0.3, -0.25) is 9.59 Å². The van der Waals surface area contributed by atoms with Crippen LogP contribution < -0.4 is 10.6 Å². The molecule has 0 aromatic heterocycles. The lowest BCUT2D eigenvalue weighted by Gasteiger charge is -2.28. The number of benzene rings is 2. The SMILES string of the molecule is CN/C=C(\C(=O)Nc1cc(O)c(C(C)(C)C)cc1C(C)(C)C)C(=O)c1ccccc1F. The topological polar surface area (TPSA) is 78.4 Å². The molecule has 0 aliphatic rings. The molecule has 0 aliphatic carbocycles. The molecule has 3 N–H and O–H groups in total. The molecule has 5 nitrogen and oxygen atoms in total. The third-order valence-corrected chi connectivity index (χ3v) is 4.90. The van der Waals surface area contributed by atoms with E-state index in [9.17, 15) is 19.1 Å². The van der Waals surface area contributed by atoms with Crippen molar-refractivity contribution in [3.63, 3.8) is 0 Å². The smallest absolute Gasteiger partial charge is 0.261 e. The first-order valence-electron chi connectivity index (χ1n) is 10.1. The van der Waals surface area contributed by atoms with Gasteiger partial charge >= 0.3 is 0 Å². The molecule has 31 heavy (non-hydrogen) atoms. The molecule has 0 saturated heterocycles. The predicted molar refractivity (Wildman–Crippen MR) is 122 cm³/mol. The molecule has 2 aromatic rings. The van der Waals surface area contributed by atoms with Crippen molar-refractivity contribution in [1.82, 2.24) is 5.32 Å². The number of carbonyl (C=O) groups is 2. The summed E-state index contributed by atoms with van der Waals surface area (Å²) in [7, 11) is 1.55. The summed E-state index contributed by atoms with van der Waals surface area (Å²) >= 11 is 0. The minimum Gasteiger partial charge on any atom is -0.508 e. The van der Waals surface area contributed by atoms with Gasteiger partial charge in [-0.05, 0) is 40.2 Å². The molecule has 0 aliphatic heterocycles. The van der Waals surface area contributed by atoms with Crippen molar-refractivity contribution in [3.8, 4) is 5.75 Å². The molecule has 0 bridgehead atoms. The number of Topliss-reactive ketones (excluding diaryl/α,β-unsaturated/α-hetero) is 1. The Bertz CT molecular complexity index is 1030. The Morgan fingerprint density at radius 3 is 2.06 bits per heavy atom. The number of hydrogen-bond donors (Lipinski definition) is 3. The first-order chi connectivity index (χ1) is 14.3. The van der Waals surface area contributed by atoms with E-state index in [-0.39, 0.29) is 27.7 Å². The maximum absolute atomic E-state index is 14.1. The second-order valence-corrected chi connectivity index (χ2v) is 9.52. The van der Waals surface area contributed by atoms with E-state index in [2.05, 4.69) is 10.6 Å². The van der Waals surface area contributed by atoms with Gasteiger partial charge in [0.05, 0.1) is 5.56 Å². The van der Waals surface area contributed by atoms with Crippen LogP contribution in [0.15, 0.2) is 48.2 Å². The first-order valence-corrected chi connectivity index (χ1v) is 10.1. The average molecular weight is 427 g/mol. The first kappa shape index (κ1) is 24.1. The highest BCUT2D eigenvalue weighted by Gasteiger charge is 2.28. The fourth-order valence-corrected chi connectivity index (χ4v) is 3.27. The van der Waals surface area contributed by atoms with Crippen LogP contribution in [0.3, 0.4) is 0 Å². The third-order valence-electron chi connectivity index (χ3n) is 4.90. The Kier molecular flexibility index (Phi) is 6.94. The van der Waals surface area contributed by atoms with Gasteiger partial charge < -0.3 is 15.7 Å². The van der Waals surface area contributed by atoms with Crippen LogP contribution >= 0.6 is 0 Å². The lowest BCUT2D eigenvalue weighted by molar-refractivity contribution is -0.112. The van der Waals surface area contributed by atoms with Crippen LogP contribution in [0.1, 0.15) is 63.0 Å². The summed E-state index contributed by atoms with van der Waals surface area (Å²) < 4.78 is 14.1. The standard InChI is InChI=1S/C25H31FN2O3/c1-24(2,3)17-12-18(25(4,5)6)21(29)13-20(17)28-23(31)16(14-27-7)22(30)15-10-8-9-11-19(15)26/h8-14,27,29H,1-7H3,(H,28,31)/b16-14-. The molecule has 0 atom stereocenters. The number of ketones is 1. The number of amides is 1. The molecule has 0 heterocycles. The Morgan fingerprint density at radius 2 is 1.55 bits per heavy atom. The quantitative estimate of drug-likeness (QED) is 0.271. The number of anilines is 1. The van der Waals surface area contributed by atoms with Crippen LogP contribution in [-0.4, -0.2) is 23.8 Å². The van der Waals surface area contributed by atoms with Gasteiger partial charge in [-0.25, -0.2) is 4.39 Å². The highest BCUT2D eigenvalue weighted by molar-refractivity contribution is 6.28. The number of halogens is 1. The van der Waals surface area contributed by atoms with Crippen molar-refractivity contribution < 1.29 is 19.1 Å². The molecular formula is C25H31FN2O3. The van der Waals surface area contributed by atoms with Gasteiger partial charge in [-0.15, -0.1) is 0 Å². The zero-order valence-electron chi connectivity index (χ0n) is 19.2. The fraction of sp³-hybridized carbons (Fsp3) is 0.360. The third kappa shape index (κ3) is 5.51. The monoisotopic (exact) mass is 426 g/mol. The molecule has 0 spiro atoms. The van der Waals surface area contributed by atoms with E-state index < -0.39 is 17.5 Å². The maximum Gasteiger partial charge on any atom is 0.261 e. The van der Waals surface area contributed by atoms with E-state index in [0.717, 1.165) is 11.1 Å². The van der Waals surface area contributed by atoms with E-state index in [0.29, 0.717) is 5.69 Å². The number of aromatic hydroxyl groups is 1. The Morgan fingerprint density at radius 1 is 0.968 bits per heavy atom. The summed E-state index contributed by atoms with van der Waals surface area (Å²) in [5.74, 6) is -2.09. The zero-order valence-corrected chi connectivity index (χ0v) is 19.2. The van der Waals surface area contributed by atoms with Crippen LogP contribution in [0, 0.1) is 5.82 Å². The summed E-state index contributed by atoms with van der Waals surface area (Å²) in [6, 6.07) is 8.89. The molecule has 166 valence electrons. The van der Waals surface area contributed by atoms with E-state index in [4.69, 9.17) is 0 Å². The second-order valence-electron chi connectivity index (χ2n) is 9.52. The molecule has 2 aromatic carbocycles. The van der Waals surface area contributed by atoms with Crippen molar-refractivity contribution >= 4 is 17.4 Å². The van der Waals surface area contributed by atoms with Crippen molar-refractivity contribution in [2.24, 2.45) is 0 Å². The minimum absolute atomic E-state index is 0.0513. The molecule has 6 heteroatoms. The Labute approximate surface area is 183 Å². The van der Waals surface area contributed by atoms with E-state index in [1.807, 2.05) is 47.6 Å². The Hall–Kier alpha value is -3.15. The van der Waals surface area contributed by atoms with Gasteiger partial charge in [0.2, 0.25) is 5.78 Å². The van der Waals surface area contributed by atoms with Gasteiger partial charge in [0.1, 0.15) is 17.1 Å². The van der Waals surface area contributed by atoms with Gasteiger partial charge in [0.25, 0.3) is 5.91 Å². The fourth-order valence-electron chi connectivity index (χ4n) is 3.27. The predicted octanol–water partition coefficient (Wildman–Crippen LogP) is 5.05. The summed E-state index contributed by atoms with van der Waals surface area (Å²) in [6.07, 6.45) is 1.24. The zero-order chi connectivity index (χ0) is 23.6. The summed E-state index contributed by atoms with van der Waals surface area (Å²) in [4.78, 5) is 25.9. The summed E-state index contributed by atoms with van der Waals surface area (Å²) in [6.45, 7) is 12.0. The summed E-state index contributed by atoms with van der Waals surface area (Å²) in [5.41, 5.74) is 0.873. The van der Waals surface area contributed by atoms with E-state index in [1.165, 1.54) is 36.5 Å². The molecule has 0 saturated carbocycles. The molecular weight excluding hydrogens is 395 g/mol. The number of nitrogens with one attached hydrogen (secondary N) is 2. The van der Waals surface area contributed by atoms with Gasteiger partial charge in [0.15, 0.2) is 0 Å². The van der Waals surface area contributed by atoms with Crippen molar-refractivity contribution in [1.29, 1.82) is 0 Å². The number of hydrogen-bond acceptors (Lipinski definition) is 4.